The molecular weight excluding hydrogens is 1260 g/mol. The van der Waals surface area contributed by atoms with Gasteiger partial charge in [0.1, 0.15) is 171 Å². The average molecular weight is 1340 g/mol. The number of thioether (sulfide) groups is 2. The number of carboxylic acids is 2. The van der Waals surface area contributed by atoms with Crippen LogP contribution in [-0.4, -0.2) is 402 Å². The Hall–Kier alpha value is -1.76. The molecule has 0 aromatic carbocycles. The van der Waals surface area contributed by atoms with E-state index in [1.54, 1.807) is 0 Å². The van der Waals surface area contributed by atoms with Crippen molar-refractivity contribution in [1.82, 2.24) is 0 Å². The maximum atomic E-state index is 11.7. The third-order valence-electron chi connectivity index (χ3n) is 16.2. The van der Waals surface area contributed by atoms with Crippen molar-refractivity contribution in [3.8, 4) is 0 Å². The smallest absolute Gasteiger partial charge is 0.321 e. The van der Waals surface area contributed by atoms with E-state index in [0.29, 0.717) is 0 Å². The fraction of sp³-hybridized carbons (Fsp3) is 0.958. The fourth-order valence-electron chi connectivity index (χ4n) is 11.2. The Morgan fingerprint density at radius 1 is 0.281 bits per heavy atom. The molecular formula is C48H80N2O37S2. The number of ether oxygens (including phenoxy) is 14. The van der Waals surface area contributed by atoms with Crippen LogP contribution in [0, 0.1) is 0 Å². The van der Waals surface area contributed by atoms with E-state index in [1.165, 1.54) is 0 Å². The zero-order chi connectivity index (χ0) is 65.2. The normalized spacial score (nSPS) is 50.1. The predicted molar refractivity (Wildman–Crippen MR) is 280 cm³/mol. The molecule has 89 heavy (non-hydrogen) atoms. The van der Waals surface area contributed by atoms with Gasteiger partial charge in [0.2, 0.25) is 0 Å². The van der Waals surface area contributed by atoms with Crippen LogP contribution in [0.5, 0.6) is 0 Å². The second-order valence-electron chi connectivity index (χ2n) is 22.3. The number of aliphatic hydroxyl groups is 19. The summed E-state index contributed by atoms with van der Waals surface area (Å²) in [5.74, 6) is -4.26. The minimum Gasteiger partial charge on any atom is -0.480 e. The van der Waals surface area contributed by atoms with Crippen LogP contribution in [0.1, 0.15) is 0 Å². The van der Waals surface area contributed by atoms with Crippen molar-refractivity contribution in [2.45, 2.75) is 227 Å². The third-order valence-corrected chi connectivity index (χ3v) is 18.5. The highest BCUT2D eigenvalue weighted by Crippen LogP contribution is 2.40. The highest BCUT2D eigenvalue weighted by Gasteiger charge is 2.60. The van der Waals surface area contributed by atoms with Crippen molar-refractivity contribution >= 4 is 35.5 Å². The lowest BCUT2D eigenvalue weighted by atomic mass is 9.95. The molecule has 14 bridgehead atoms. The van der Waals surface area contributed by atoms with Crippen LogP contribution in [0.4, 0.5) is 0 Å². The van der Waals surface area contributed by atoms with Gasteiger partial charge in [-0.1, -0.05) is 0 Å². The molecule has 39 nitrogen and oxygen atoms in total. The summed E-state index contributed by atoms with van der Waals surface area (Å²) < 4.78 is 81.6. The highest BCUT2D eigenvalue weighted by atomic mass is 32.2. The van der Waals surface area contributed by atoms with Gasteiger partial charge in [-0.15, -0.1) is 0 Å². The minimum absolute atomic E-state index is 0.319. The van der Waals surface area contributed by atoms with E-state index in [2.05, 4.69) is 0 Å². The van der Waals surface area contributed by atoms with Gasteiger partial charge in [0.15, 0.2) is 44.0 Å². The summed E-state index contributed by atoms with van der Waals surface area (Å²) in [7, 11) is 0. The Labute approximate surface area is 511 Å². The Balaban J connectivity index is 1.11. The number of hydrogen-bond donors (Lipinski definition) is 23. The molecule has 21 aliphatic rings. The molecule has 37 atom stereocenters. The van der Waals surface area contributed by atoms with Gasteiger partial charge in [-0.3, -0.25) is 9.59 Å². The standard InChI is InChI=1S/C48H80N2O37S2/c49-10(40(70)71)6-88-8-17-38-25(62)32(69)48(80-17)85-37-16(5-55)76-44(28(65)21(37)58)83-35-14(3-53)78-46(30(67)23(35)60)87-39-18(9-89-7-11(50)41(72)73)79-47(31(68)24(39)61)84-36-15(4-54)75-43(27(64)20(36)57)81-33-12(1-51)74-42(26(63)19(33)56)82-34-13(2-52)77-45(86-38)29(66)22(34)59/h10-39,42-48,51-69H,1-9,49-50H2,(H,70,71)(H,72,73)/t10-,11-,12?,13?,14?,15?,16?,17?,18?,19-,20-,21-,22-,23-,24-,25-,26?,27?,28?,29?,30?,31?,32?,33-,34-,35-,36-,37-,38-,39-,42-,43-,44+,45?,46+,47+,48-/m1/s1. The first-order chi connectivity index (χ1) is 42.2. The molecule has 0 aliphatic carbocycles. The van der Waals surface area contributed by atoms with Crippen LogP contribution in [-0.2, 0) is 75.9 Å². The van der Waals surface area contributed by atoms with Crippen molar-refractivity contribution in [1.29, 1.82) is 0 Å². The van der Waals surface area contributed by atoms with Gasteiger partial charge in [-0.2, -0.15) is 23.5 Å². The zero-order valence-electron chi connectivity index (χ0n) is 46.6. The number of rotatable bonds is 15. The number of aliphatic hydroxyl groups excluding tert-OH is 19. The molecule has 516 valence electrons. The molecule has 0 saturated carbocycles. The lowest BCUT2D eigenvalue weighted by Crippen LogP contribution is -2.68. The first-order valence-electron chi connectivity index (χ1n) is 28.1. The van der Waals surface area contributed by atoms with Gasteiger partial charge >= 0.3 is 11.9 Å². The monoisotopic (exact) mass is 1340 g/mol. The Kier molecular flexibility index (Phi) is 26.2. The van der Waals surface area contributed by atoms with Crippen molar-refractivity contribution in [2.75, 3.05) is 56.0 Å². The second kappa shape index (κ2) is 31.9. The summed E-state index contributed by atoms with van der Waals surface area (Å²) >= 11 is 1.60. The van der Waals surface area contributed by atoms with Gasteiger partial charge in [-0.25, -0.2) is 0 Å². The lowest BCUT2D eigenvalue weighted by Gasteiger charge is -2.50. The first-order valence-corrected chi connectivity index (χ1v) is 30.4. The molecule has 0 aromatic rings. The number of hydrogen-bond acceptors (Lipinski definition) is 39. The SMILES string of the molecule is N[C@H](CSCC1O[C@@H]2O[C@@H]3C(CO)O[C@@H](O[C@@H]4C(CO)O[C@@H](O[C@@H]5C(CSC[C@@H](N)C(=O)O)O[C@@H](O[C@@H]6C(CO)O[C@H](O[C@@H]7C(CO)O[C@H](O[C@@H]8C(CO)OC(O[C@H]1[C@H](O)C2O)C(O)[C@H]8O)C(O)[C@H]7O)C(O)[C@H]6O)C(O)[C@H]5O)C(O)[C@H]4O)C(O)[C@H]3O)C(=O)O. The zero-order valence-corrected chi connectivity index (χ0v) is 48.3. The Bertz CT molecular complexity index is 2200. The molecule has 21 heterocycles. The summed E-state index contributed by atoms with van der Waals surface area (Å²) in [5, 5.41) is 233. The summed E-state index contributed by atoms with van der Waals surface area (Å²) in [4.78, 5) is 23.2. The molecule has 0 spiro atoms. The summed E-state index contributed by atoms with van der Waals surface area (Å²) in [5.41, 5.74) is 11.4. The van der Waals surface area contributed by atoms with Gasteiger partial charge in [0.25, 0.3) is 0 Å². The molecule has 21 aliphatic heterocycles. The average Bonchev–Trinajstić information content (AvgIpc) is 0.983. The molecule has 21 rings (SSSR count). The summed E-state index contributed by atoms with van der Waals surface area (Å²) in [6, 6.07) is -2.94. The minimum atomic E-state index is -2.27. The van der Waals surface area contributed by atoms with E-state index >= 15 is 0 Å². The van der Waals surface area contributed by atoms with E-state index in [0.717, 1.165) is 23.5 Å². The number of aliphatic carboxylic acids is 2. The topological polar surface area (TPSA) is 640 Å². The third kappa shape index (κ3) is 15.9. The van der Waals surface area contributed by atoms with E-state index in [4.69, 9.17) is 77.8 Å². The van der Waals surface area contributed by atoms with E-state index < -0.39 is 284 Å². The van der Waals surface area contributed by atoms with Crippen LogP contribution in [0.2, 0.25) is 0 Å². The van der Waals surface area contributed by atoms with E-state index in [1.807, 2.05) is 0 Å². The lowest BCUT2D eigenvalue weighted by molar-refractivity contribution is -0.395. The maximum Gasteiger partial charge on any atom is 0.321 e. The Morgan fingerprint density at radius 2 is 0.438 bits per heavy atom. The van der Waals surface area contributed by atoms with Gasteiger partial charge < -0.3 is 185 Å². The van der Waals surface area contributed by atoms with Gasteiger partial charge in [0, 0.05) is 23.0 Å². The fourth-order valence-corrected chi connectivity index (χ4v) is 13.2. The molecule has 15 unspecified atom stereocenters. The molecule has 25 N–H and O–H groups in total. The van der Waals surface area contributed by atoms with Crippen LogP contribution >= 0.6 is 23.5 Å². The Morgan fingerprint density at radius 3 is 0.596 bits per heavy atom. The van der Waals surface area contributed by atoms with Crippen molar-refractivity contribution in [3.63, 3.8) is 0 Å². The number of nitrogens with two attached hydrogens (primary N) is 2. The second-order valence-corrected chi connectivity index (χ2v) is 24.4. The van der Waals surface area contributed by atoms with E-state index in [9.17, 15) is 117 Å². The van der Waals surface area contributed by atoms with E-state index in [-0.39, 0.29) is 11.5 Å². The first kappa shape index (κ1) is 73.1. The quantitative estimate of drug-likeness (QED) is 0.0724. The largest absolute Gasteiger partial charge is 0.480 e. The number of carboxylic acid groups (broad SMARTS) is 2. The van der Waals surface area contributed by atoms with Crippen molar-refractivity contribution < 1.29 is 183 Å². The summed E-state index contributed by atoms with van der Waals surface area (Å²) in [6.07, 6.45) is -71.4. The van der Waals surface area contributed by atoms with Gasteiger partial charge in [0.05, 0.1) is 45.2 Å². The van der Waals surface area contributed by atoms with Gasteiger partial charge in [-0.05, 0) is 0 Å². The highest BCUT2D eigenvalue weighted by molar-refractivity contribution is 7.99. The molecule has 0 amide bonds. The van der Waals surface area contributed by atoms with Crippen LogP contribution < -0.4 is 11.5 Å². The van der Waals surface area contributed by atoms with Crippen molar-refractivity contribution in [2.24, 2.45) is 11.5 Å². The van der Waals surface area contributed by atoms with Crippen LogP contribution in [0.3, 0.4) is 0 Å². The molecule has 0 radical (unpaired) electrons. The number of carbonyl (C=O) groups is 2. The van der Waals surface area contributed by atoms with Crippen LogP contribution in [0.15, 0.2) is 0 Å². The molecule has 21 saturated heterocycles. The van der Waals surface area contributed by atoms with Crippen LogP contribution in [0.25, 0.3) is 0 Å². The molecule has 0 aromatic heterocycles. The summed E-state index contributed by atoms with van der Waals surface area (Å²) in [6.45, 7) is -5.43. The predicted octanol–water partition coefficient (Wildman–Crippen LogP) is -14.9. The van der Waals surface area contributed by atoms with Crippen molar-refractivity contribution in [3.05, 3.63) is 0 Å². The maximum absolute atomic E-state index is 11.7. The molecule has 41 heteroatoms. The molecule has 21 fully saturated rings.